The normalized spacial score (nSPS) is 19.8. The lowest BCUT2D eigenvalue weighted by Gasteiger charge is -2.27. The van der Waals surface area contributed by atoms with Crippen LogP contribution in [-0.2, 0) is 14.3 Å². The highest BCUT2D eigenvalue weighted by molar-refractivity contribution is 6.16. The van der Waals surface area contributed by atoms with E-state index in [1.54, 1.807) is 12.1 Å². The maximum atomic E-state index is 11.5. The largest absolute Gasteiger partial charge is 0.439 e. The van der Waals surface area contributed by atoms with E-state index in [0.29, 0.717) is 18.9 Å². The van der Waals surface area contributed by atoms with Crippen LogP contribution in [0.5, 0.6) is 0 Å². The van der Waals surface area contributed by atoms with Crippen molar-refractivity contribution in [2.45, 2.75) is 0 Å². The van der Waals surface area contributed by atoms with Crippen LogP contribution >= 0.6 is 0 Å². The zero-order chi connectivity index (χ0) is 13.2. The van der Waals surface area contributed by atoms with Gasteiger partial charge in [0.25, 0.3) is 5.91 Å². The second-order valence-electron chi connectivity index (χ2n) is 4.26. The lowest BCUT2D eigenvalue weighted by atomic mass is 10.3. The van der Waals surface area contributed by atoms with E-state index in [1.807, 2.05) is 0 Å². The Labute approximate surface area is 109 Å². The van der Waals surface area contributed by atoms with Gasteiger partial charge in [0.2, 0.25) is 0 Å². The van der Waals surface area contributed by atoms with Gasteiger partial charge in [-0.25, -0.2) is 14.7 Å². The van der Waals surface area contributed by atoms with Crippen LogP contribution in [-0.4, -0.2) is 49.9 Å². The predicted molar refractivity (Wildman–Crippen MR) is 66.1 cm³/mol. The van der Waals surface area contributed by atoms with Crippen molar-refractivity contribution in [3.05, 3.63) is 18.3 Å². The second kappa shape index (κ2) is 4.85. The van der Waals surface area contributed by atoms with Crippen LogP contribution < -0.4 is 9.80 Å². The topological polar surface area (TPSA) is 72.0 Å². The van der Waals surface area contributed by atoms with Crippen molar-refractivity contribution >= 4 is 23.5 Å². The summed E-state index contributed by atoms with van der Waals surface area (Å²) in [5.74, 6) is 0.443. The molecule has 1 aromatic rings. The fourth-order valence-electron chi connectivity index (χ4n) is 2.09. The number of amides is 2. The van der Waals surface area contributed by atoms with E-state index < -0.39 is 6.09 Å². The zero-order valence-corrected chi connectivity index (χ0v) is 10.2. The van der Waals surface area contributed by atoms with Gasteiger partial charge in [-0.1, -0.05) is 0 Å². The molecule has 0 atom stereocenters. The predicted octanol–water partition coefficient (Wildman–Crippen LogP) is 0.401. The van der Waals surface area contributed by atoms with Gasteiger partial charge in [-0.3, -0.25) is 4.79 Å². The Morgan fingerprint density at radius 2 is 1.95 bits per heavy atom. The van der Waals surface area contributed by atoms with Crippen LogP contribution in [0.25, 0.3) is 0 Å². The van der Waals surface area contributed by atoms with Crippen molar-refractivity contribution in [2.75, 3.05) is 42.7 Å². The minimum absolute atomic E-state index is 0.204. The van der Waals surface area contributed by atoms with Crippen LogP contribution in [0, 0.1) is 0 Å². The number of aromatic nitrogens is 1. The summed E-state index contributed by atoms with van der Waals surface area (Å²) in [6.45, 7) is 2.73. The second-order valence-corrected chi connectivity index (χ2v) is 4.26. The number of nitrogens with zero attached hydrogens (tertiary/aromatic N) is 3. The summed E-state index contributed by atoms with van der Waals surface area (Å²) in [4.78, 5) is 30.3. The molecule has 0 aliphatic carbocycles. The Balaban J connectivity index is 1.78. The molecule has 2 saturated heterocycles. The summed E-state index contributed by atoms with van der Waals surface area (Å²) >= 11 is 0. The third-order valence-electron chi connectivity index (χ3n) is 3.08. The number of pyridine rings is 1. The van der Waals surface area contributed by atoms with E-state index >= 15 is 0 Å². The SMILES string of the molecule is O=C1COC(=O)N1c1ccc(N2CCOCC2)nc1. The fraction of sp³-hybridized carbons (Fsp3) is 0.417. The molecule has 7 nitrogen and oxygen atoms in total. The lowest BCUT2D eigenvalue weighted by Crippen LogP contribution is -2.36. The molecule has 0 spiro atoms. The first kappa shape index (κ1) is 11.9. The van der Waals surface area contributed by atoms with E-state index in [1.165, 1.54) is 6.20 Å². The average molecular weight is 263 g/mol. The molecule has 7 heteroatoms. The molecule has 2 aliphatic heterocycles. The maximum Gasteiger partial charge on any atom is 0.421 e. The molecule has 3 heterocycles. The molecule has 0 aromatic carbocycles. The van der Waals surface area contributed by atoms with Crippen molar-refractivity contribution in [3.8, 4) is 0 Å². The molecule has 100 valence electrons. The van der Waals surface area contributed by atoms with E-state index in [9.17, 15) is 9.59 Å². The van der Waals surface area contributed by atoms with Crippen molar-refractivity contribution in [3.63, 3.8) is 0 Å². The van der Waals surface area contributed by atoms with E-state index in [2.05, 4.69) is 14.6 Å². The van der Waals surface area contributed by atoms with Gasteiger partial charge in [-0.2, -0.15) is 0 Å². The summed E-state index contributed by atoms with van der Waals surface area (Å²) < 4.78 is 9.93. The average Bonchev–Trinajstić information content (AvgIpc) is 2.79. The Bertz CT molecular complexity index is 480. The molecule has 3 rings (SSSR count). The summed E-state index contributed by atoms with van der Waals surface area (Å²) in [7, 11) is 0. The quantitative estimate of drug-likeness (QED) is 0.769. The van der Waals surface area contributed by atoms with Crippen molar-refractivity contribution in [2.24, 2.45) is 0 Å². The van der Waals surface area contributed by atoms with Gasteiger partial charge in [-0.15, -0.1) is 0 Å². The highest BCUT2D eigenvalue weighted by atomic mass is 16.6. The molecule has 2 amide bonds. The monoisotopic (exact) mass is 263 g/mol. The molecule has 0 bridgehead atoms. The van der Waals surface area contributed by atoms with Gasteiger partial charge >= 0.3 is 6.09 Å². The molecule has 19 heavy (non-hydrogen) atoms. The molecule has 0 unspecified atom stereocenters. The zero-order valence-electron chi connectivity index (χ0n) is 10.2. The number of ether oxygens (including phenoxy) is 2. The fourth-order valence-corrected chi connectivity index (χ4v) is 2.09. The van der Waals surface area contributed by atoms with Crippen LogP contribution in [0.1, 0.15) is 0 Å². The van der Waals surface area contributed by atoms with Crippen LogP contribution in [0.4, 0.5) is 16.3 Å². The van der Waals surface area contributed by atoms with Crippen molar-refractivity contribution in [1.82, 2.24) is 4.98 Å². The number of hydrogen-bond acceptors (Lipinski definition) is 6. The number of anilines is 2. The third kappa shape index (κ3) is 2.24. The van der Waals surface area contributed by atoms with Crippen LogP contribution in [0.3, 0.4) is 0 Å². The number of carbonyl (C=O) groups is 2. The number of cyclic esters (lactones) is 1. The molecular weight excluding hydrogens is 250 g/mol. The number of hydrogen-bond donors (Lipinski definition) is 0. The summed E-state index contributed by atoms with van der Waals surface area (Å²) in [5.41, 5.74) is 0.435. The standard InChI is InChI=1S/C12H13N3O4/c16-11-8-19-12(17)15(11)9-1-2-10(13-7-9)14-3-5-18-6-4-14/h1-2,7H,3-6,8H2. The first-order valence-corrected chi connectivity index (χ1v) is 6.04. The van der Waals surface area contributed by atoms with Crippen molar-refractivity contribution < 1.29 is 19.1 Å². The van der Waals surface area contributed by atoms with E-state index in [4.69, 9.17) is 4.74 Å². The summed E-state index contributed by atoms with van der Waals surface area (Å²) in [6, 6.07) is 3.49. The highest BCUT2D eigenvalue weighted by Gasteiger charge is 2.32. The number of imide groups is 1. The van der Waals surface area contributed by atoms with E-state index in [-0.39, 0.29) is 12.5 Å². The van der Waals surface area contributed by atoms with Gasteiger partial charge in [0.15, 0.2) is 6.61 Å². The Kier molecular flexibility index (Phi) is 3.04. The van der Waals surface area contributed by atoms with Gasteiger partial charge in [-0.05, 0) is 12.1 Å². The summed E-state index contributed by atoms with van der Waals surface area (Å²) in [5, 5.41) is 0. The Morgan fingerprint density at radius 3 is 2.53 bits per heavy atom. The molecule has 2 fully saturated rings. The lowest BCUT2D eigenvalue weighted by molar-refractivity contribution is -0.117. The van der Waals surface area contributed by atoms with Crippen LogP contribution in [0.15, 0.2) is 18.3 Å². The number of morpholine rings is 1. The maximum absolute atomic E-state index is 11.5. The first-order valence-electron chi connectivity index (χ1n) is 6.04. The molecule has 2 aliphatic rings. The van der Waals surface area contributed by atoms with E-state index in [0.717, 1.165) is 23.8 Å². The van der Waals surface area contributed by atoms with Gasteiger partial charge in [0.1, 0.15) is 5.82 Å². The van der Waals surface area contributed by atoms with Gasteiger partial charge in [0, 0.05) is 13.1 Å². The van der Waals surface area contributed by atoms with Crippen LogP contribution in [0.2, 0.25) is 0 Å². The molecule has 0 N–H and O–H groups in total. The minimum Gasteiger partial charge on any atom is -0.439 e. The van der Waals surface area contributed by atoms with Crippen molar-refractivity contribution in [1.29, 1.82) is 0 Å². The Hall–Kier alpha value is -2.15. The molecule has 0 saturated carbocycles. The van der Waals surface area contributed by atoms with Gasteiger partial charge < -0.3 is 14.4 Å². The number of carbonyl (C=O) groups excluding carboxylic acids is 2. The number of rotatable bonds is 2. The first-order chi connectivity index (χ1) is 9.25. The molecular formula is C12H13N3O4. The third-order valence-corrected chi connectivity index (χ3v) is 3.08. The summed E-state index contributed by atoms with van der Waals surface area (Å²) in [6.07, 6.45) is 0.862. The minimum atomic E-state index is -0.647. The highest BCUT2D eigenvalue weighted by Crippen LogP contribution is 2.21. The molecule has 1 aromatic heterocycles. The molecule has 0 radical (unpaired) electrons. The van der Waals surface area contributed by atoms with Gasteiger partial charge in [0.05, 0.1) is 25.1 Å². The Morgan fingerprint density at radius 1 is 1.16 bits per heavy atom. The smallest absolute Gasteiger partial charge is 0.421 e.